The number of ether oxygens (including phenoxy) is 1. The molecule has 1 atom stereocenters. The minimum absolute atomic E-state index is 0.158. The van der Waals surface area contributed by atoms with E-state index < -0.39 is 15.3 Å². The average molecular weight is 393 g/mol. The highest BCUT2D eigenvalue weighted by atomic mass is 32.2. The summed E-state index contributed by atoms with van der Waals surface area (Å²) < 4.78 is 32.7. The number of hydrogen-bond acceptors (Lipinski definition) is 6. The number of rotatable bonds is 5. The van der Waals surface area contributed by atoms with Crippen molar-refractivity contribution in [1.29, 1.82) is 0 Å². The van der Waals surface area contributed by atoms with Crippen LogP contribution in [0.5, 0.6) is 5.75 Å². The summed E-state index contributed by atoms with van der Waals surface area (Å²) in [6.07, 6.45) is 2.72. The molecule has 1 aliphatic rings. The Hall–Kier alpha value is -2.46. The zero-order valence-electron chi connectivity index (χ0n) is 15.6. The van der Waals surface area contributed by atoms with Crippen LogP contribution in [0.2, 0.25) is 0 Å². The summed E-state index contributed by atoms with van der Waals surface area (Å²) in [5.74, 6) is 0.353. The van der Waals surface area contributed by atoms with Crippen molar-refractivity contribution < 1.29 is 17.9 Å². The van der Waals surface area contributed by atoms with Gasteiger partial charge in [0, 0.05) is 33.3 Å². The van der Waals surface area contributed by atoms with Gasteiger partial charge in [-0.1, -0.05) is 11.3 Å². The molecule has 0 spiro atoms. The first kappa shape index (κ1) is 19.3. The molecular weight excluding hydrogens is 370 g/mol. The Labute approximate surface area is 158 Å². The summed E-state index contributed by atoms with van der Waals surface area (Å²) in [5.41, 5.74) is 0.897. The number of likely N-dealkylation sites (tertiary alicyclic amines) is 1. The van der Waals surface area contributed by atoms with Gasteiger partial charge in [0.2, 0.25) is 10.0 Å². The number of benzene rings is 1. The topological polar surface area (TPSA) is 97.6 Å². The molecule has 1 saturated heterocycles. The molecule has 1 fully saturated rings. The minimum Gasteiger partial charge on any atom is -0.497 e. The molecule has 0 N–H and O–H groups in total. The van der Waals surface area contributed by atoms with Crippen molar-refractivity contribution in [3.05, 3.63) is 36.2 Å². The number of nitrogens with zero attached hydrogens (tertiary/aromatic N) is 5. The van der Waals surface area contributed by atoms with Crippen LogP contribution in [-0.2, 0) is 10.0 Å². The van der Waals surface area contributed by atoms with Crippen LogP contribution in [0.15, 0.2) is 30.5 Å². The van der Waals surface area contributed by atoms with Gasteiger partial charge in [0.05, 0.1) is 24.2 Å². The first-order valence-electron chi connectivity index (χ1n) is 8.60. The van der Waals surface area contributed by atoms with E-state index in [2.05, 4.69) is 10.3 Å². The fourth-order valence-electron chi connectivity index (χ4n) is 3.07. The van der Waals surface area contributed by atoms with Crippen molar-refractivity contribution in [3.8, 4) is 11.4 Å². The second kappa shape index (κ2) is 7.65. The summed E-state index contributed by atoms with van der Waals surface area (Å²) in [5, 5.41) is 7.38. The molecule has 1 aromatic heterocycles. The maximum Gasteiger partial charge on any atom is 0.276 e. The Balaban J connectivity index is 1.77. The van der Waals surface area contributed by atoms with Crippen molar-refractivity contribution in [1.82, 2.24) is 24.2 Å². The maximum atomic E-state index is 12.8. The van der Waals surface area contributed by atoms with E-state index in [1.54, 1.807) is 19.4 Å². The van der Waals surface area contributed by atoms with E-state index in [0.717, 1.165) is 0 Å². The van der Waals surface area contributed by atoms with Crippen LogP contribution >= 0.6 is 0 Å². The van der Waals surface area contributed by atoms with Gasteiger partial charge in [0.1, 0.15) is 5.75 Å². The highest BCUT2D eigenvalue weighted by Gasteiger charge is 2.34. The third kappa shape index (κ3) is 3.96. The summed E-state index contributed by atoms with van der Waals surface area (Å²) in [6.45, 7) is 0.662. The van der Waals surface area contributed by atoms with Crippen LogP contribution < -0.4 is 4.74 Å². The molecule has 3 rings (SSSR count). The Bertz CT molecular complexity index is 925. The van der Waals surface area contributed by atoms with Crippen molar-refractivity contribution in [3.63, 3.8) is 0 Å². The third-order valence-electron chi connectivity index (χ3n) is 4.63. The van der Waals surface area contributed by atoms with Gasteiger partial charge in [0.15, 0.2) is 5.69 Å². The van der Waals surface area contributed by atoms with Crippen molar-refractivity contribution >= 4 is 15.9 Å². The Morgan fingerprint density at radius 2 is 2.11 bits per heavy atom. The fraction of sp³-hybridized carbons (Fsp3) is 0.471. The number of methoxy groups -OCH3 is 1. The molecule has 1 unspecified atom stereocenters. The van der Waals surface area contributed by atoms with Crippen LogP contribution in [0.25, 0.3) is 5.69 Å². The molecule has 0 saturated carbocycles. The van der Waals surface area contributed by atoms with E-state index >= 15 is 0 Å². The van der Waals surface area contributed by atoms with Gasteiger partial charge < -0.3 is 9.64 Å². The summed E-state index contributed by atoms with van der Waals surface area (Å²) >= 11 is 0. The number of amides is 1. The zero-order chi connectivity index (χ0) is 19.6. The molecule has 1 aromatic carbocycles. The van der Waals surface area contributed by atoms with Crippen molar-refractivity contribution in [2.45, 2.75) is 18.1 Å². The van der Waals surface area contributed by atoms with E-state index in [0.29, 0.717) is 30.8 Å². The van der Waals surface area contributed by atoms with E-state index in [9.17, 15) is 13.2 Å². The quantitative estimate of drug-likeness (QED) is 0.744. The Kier molecular flexibility index (Phi) is 5.47. The molecule has 146 valence electrons. The third-order valence-corrected chi connectivity index (χ3v) is 6.87. The lowest BCUT2D eigenvalue weighted by Gasteiger charge is -2.33. The number of aromatic nitrogens is 3. The van der Waals surface area contributed by atoms with Gasteiger partial charge in [-0.2, -0.15) is 0 Å². The van der Waals surface area contributed by atoms with Crippen LogP contribution in [0.1, 0.15) is 23.3 Å². The van der Waals surface area contributed by atoms with Gasteiger partial charge in [-0.15, -0.1) is 5.10 Å². The first-order chi connectivity index (χ1) is 12.8. The zero-order valence-corrected chi connectivity index (χ0v) is 16.4. The Morgan fingerprint density at radius 3 is 2.81 bits per heavy atom. The molecule has 27 heavy (non-hydrogen) atoms. The SMILES string of the molecule is COc1cccc(-n2cc(C(=O)N3CCCC(S(=O)(=O)N(C)C)C3)nn2)c1. The molecule has 0 bridgehead atoms. The van der Waals surface area contributed by atoms with E-state index in [4.69, 9.17) is 4.74 Å². The number of sulfonamides is 1. The number of hydrogen-bond donors (Lipinski definition) is 0. The summed E-state index contributed by atoms with van der Waals surface area (Å²) in [7, 11) is 1.18. The molecule has 2 heterocycles. The highest BCUT2D eigenvalue weighted by Crippen LogP contribution is 2.21. The lowest BCUT2D eigenvalue weighted by Crippen LogP contribution is -2.48. The second-order valence-corrected chi connectivity index (χ2v) is 9.02. The van der Waals surface area contributed by atoms with Crippen LogP contribution in [0.4, 0.5) is 0 Å². The second-order valence-electron chi connectivity index (χ2n) is 6.59. The average Bonchev–Trinajstić information content (AvgIpc) is 3.17. The standard InChI is InChI=1S/C17H23N5O4S/c1-20(2)27(24,25)15-8-5-9-21(11-15)17(23)16-12-22(19-18-16)13-6-4-7-14(10-13)26-3/h4,6-7,10,12,15H,5,8-9,11H2,1-3H3. The molecular formula is C17H23N5O4S. The molecule has 1 aliphatic heterocycles. The lowest BCUT2D eigenvalue weighted by atomic mass is 10.1. The van der Waals surface area contributed by atoms with Gasteiger partial charge in [0.25, 0.3) is 5.91 Å². The molecule has 1 amide bonds. The Morgan fingerprint density at radius 1 is 1.33 bits per heavy atom. The maximum absolute atomic E-state index is 12.8. The van der Waals surface area contributed by atoms with E-state index in [1.165, 1.54) is 28.0 Å². The molecule has 9 nitrogen and oxygen atoms in total. The minimum atomic E-state index is -3.41. The first-order valence-corrected chi connectivity index (χ1v) is 10.1. The van der Waals surface area contributed by atoms with Gasteiger partial charge in [-0.05, 0) is 25.0 Å². The molecule has 2 aromatic rings. The van der Waals surface area contributed by atoms with Gasteiger partial charge in [-0.3, -0.25) is 4.79 Å². The van der Waals surface area contributed by atoms with Crippen molar-refractivity contribution in [2.75, 3.05) is 34.3 Å². The summed E-state index contributed by atoms with van der Waals surface area (Å²) in [4.78, 5) is 14.3. The molecule has 0 aliphatic carbocycles. The van der Waals surface area contributed by atoms with Gasteiger partial charge >= 0.3 is 0 Å². The van der Waals surface area contributed by atoms with Crippen molar-refractivity contribution in [2.24, 2.45) is 0 Å². The number of carbonyl (C=O) groups excluding carboxylic acids is 1. The van der Waals surface area contributed by atoms with Gasteiger partial charge in [-0.25, -0.2) is 17.4 Å². The monoisotopic (exact) mass is 393 g/mol. The van der Waals surface area contributed by atoms with Crippen LogP contribution in [-0.4, -0.2) is 78.1 Å². The lowest BCUT2D eigenvalue weighted by molar-refractivity contribution is 0.0720. The predicted octanol–water partition coefficient (Wildman–Crippen LogP) is 0.772. The van der Waals surface area contributed by atoms with Crippen LogP contribution in [0.3, 0.4) is 0 Å². The number of piperidine rings is 1. The normalized spacial score (nSPS) is 17.9. The highest BCUT2D eigenvalue weighted by molar-refractivity contribution is 7.89. The fourth-order valence-corrected chi connectivity index (χ4v) is 4.50. The molecule has 10 heteroatoms. The summed E-state index contributed by atoms with van der Waals surface area (Å²) in [6, 6.07) is 7.24. The predicted molar refractivity (Wildman–Crippen MR) is 99.4 cm³/mol. The van der Waals surface area contributed by atoms with E-state index in [1.807, 2.05) is 18.2 Å². The smallest absolute Gasteiger partial charge is 0.276 e. The van der Waals surface area contributed by atoms with E-state index in [-0.39, 0.29) is 18.1 Å². The molecule has 0 radical (unpaired) electrons. The van der Waals surface area contributed by atoms with Crippen LogP contribution in [0, 0.1) is 0 Å². The largest absolute Gasteiger partial charge is 0.497 e. The number of carbonyl (C=O) groups is 1.